The highest BCUT2D eigenvalue weighted by Crippen LogP contribution is 2.46. The topological polar surface area (TPSA) is 123 Å². The van der Waals surface area contributed by atoms with E-state index >= 15 is 0 Å². The second kappa shape index (κ2) is 8.22. The summed E-state index contributed by atoms with van der Waals surface area (Å²) in [5.41, 5.74) is -2.91. The number of fused-ring (bicyclic) bond motifs is 1. The van der Waals surface area contributed by atoms with Crippen LogP contribution in [-0.4, -0.2) is 65.6 Å². The number of hydrogen-bond donors (Lipinski definition) is 2. The third kappa shape index (κ3) is 3.84. The van der Waals surface area contributed by atoms with Gasteiger partial charge in [0.25, 0.3) is 5.56 Å². The number of rotatable bonds is 5. The summed E-state index contributed by atoms with van der Waals surface area (Å²) in [5, 5.41) is 5.26. The molecule has 0 bridgehead atoms. The quantitative estimate of drug-likeness (QED) is 0.407. The van der Waals surface area contributed by atoms with Crippen LogP contribution < -0.4 is 21.9 Å². The normalized spacial score (nSPS) is 24.3. The van der Waals surface area contributed by atoms with Gasteiger partial charge >= 0.3 is 11.9 Å². The van der Waals surface area contributed by atoms with E-state index in [2.05, 4.69) is 10.6 Å². The average Bonchev–Trinajstić information content (AvgIpc) is 3.36. The molecule has 0 saturated carbocycles. The molecule has 1 amide bonds. The van der Waals surface area contributed by atoms with Gasteiger partial charge in [-0.2, -0.15) is 13.2 Å². The van der Waals surface area contributed by atoms with Gasteiger partial charge in [0.2, 0.25) is 5.91 Å². The summed E-state index contributed by atoms with van der Waals surface area (Å²) < 4.78 is 67.9. The first-order valence-electron chi connectivity index (χ1n) is 11.1. The summed E-state index contributed by atoms with van der Waals surface area (Å²) in [4.78, 5) is 39.4. The lowest BCUT2D eigenvalue weighted by atomic mass is 10.0. The highest BCUT2D eigenvalue weighted by atomic mass is 32.2. The molecule has 1 fully saturated rings. The van der Waals surface area contributed by atoms with Crippen LogP contribution in [0, 0.1) is 0 Å². The van der Waals surface area contributed by atoms with Crippen molar-refractivity contribution in [3.8, 4) is 0 Å². The predicted octanol–water partition coefficient (Wildman–Crippen LogP) is -0.380. The largest absolute Gasteiger partial charge is 0.418 e. The minimum Gasteiger partial charge on any atom is -0.352 e. The van der Waals surface area contributed by atoms with Crippen LogP contribution in [0.2, 0.25) is 0 Å². The van der Waals surface area contributed by atoms with Gasteiger partial charge in [0.1, 0.15) is 5.03 Å². The number of aromatic nitrogens is 2. The Morgan fingerprint density at radius 1 is 1.26 bits per heavy atom. The van der Waals surface area contributed by atoms with Crippen LogP contribution in [0.15, 0.2) is 55.8 Å². The molecule has 1 saturated heterocycles. The van der Waals surface area contributed by atoms with Gasteiger partial charge in [-0.3, -0.25) is 24.0 Å². The van der Waals surface area contributed by atoms with E-state index in [1.54, 1.807) is 11.0 Å². The predicted molar refractivity (Wildman–Crippen MR) is 117 cm³/mol. The zero-order valence-corrected chi connectivity index (χ0v) is 19.2. The molecule has 4 aliphatic heterocycles. The Kier molecular flexibility index (Phi) is 5.55. The Balaban J connectivity index is 1.32. The minimum atomic E-state index is -4.72. The maximum absolute atomic E-state index is 13.9. The maximum atomic E-state index is 13.9. The summed E-state index contributed by atoms with van der Waals surface area (Å²) in [7, 11) is -3.70. The van der Waals surface area contributed by atoms with E-state index < -0.39 is 51.0 Å². The molecule has 5 heterocycles. The zero-order valence-electron chi connectivity index (χ0n) is 18.3. The van der Waals surface area contributed by atoms with Gasteiger partial charge in [-0.05, 0) is 25.0 Å². The van der Waals surface area contributed by atoms with Crippen molar-refractivity contribution >= 4 is 15.7 Å². The lowest BCUT2D eigenvalue weighted by Gasteiger charge is -2.28. The first-order chi connectivity index (χ1) is 16.5. The second-order valence-electron chi connectivity index (χ2n) is 8.69. The lowest BCUT2D eigenvalue weighted by Crippen LogP contribution is -2.44. The van der Waals surface area contributed by atoms with Crippen molar-refractivity contribution in [1.29, 1.82) is 0 Å². The van der Waals surface area contributed by atoms with Gasteiger partial charge in [0.15, 0.2) is 9.84 Å². The van der Waals surface area contributed by atoms with Crippen molar-refractivity contribution in [3.63, 3.8) is 0 Å². The Hall–Kier alpha value is -3.13. The third-order valence-electron chi connectivity index (χ3n) is 6.57. The Morgan fingerprint density at radius 3 is 2.77 bits per heavy atom. The van der Waals surface area contributed by atoms with Crippen LogP contribution in [0.25, 0.3) is 0 Å². The molecule has 1 aromatic heterocycles. The number of sulfone groups is 1. The van der Waals surface area contributed by atoms with Gasteiger partial charge < -0.3 is 10.2 Å². The van der Waals surface area contributed by atoms with Crippen LogP contribution in [-0.2, 0) is 27.7 Å². The maximum Gasteiger partial charge on any atom is 0.418 e. The van der Waals surface area contributed by atoms with Crippen LogP contribution in [0.4, 0.5) is 13.2 Å². The van der Waals surface area contributed by atoms with Crippen molar-refractivity contribution in [1.82, 2.24) is 24.7 Å². The van der Waals surface area contributed by atoms with E-state index in [9.17, 15) is 36.0 Å². The summed E-state index contributed by atoms with van der Waals surface area (Å²) >= 11 is 0. The lowest BCUT2D eigenvalue weighted by molar-refractivity contribution is -0.119. The summed E-state index contributed by atoms with van der Waals surface area (Å²) in [5.74, 6) is -1.00. The Labute approximate surface area is 197 Å². The van der Waals surface area contributed by atoms with Crippen molar-refractivity contribution in [2.24, 2.45) is 0 Å². The Bertz CT molecular complexity index is 1420. The molecule has 1 aromatic rings. The number of alkyl halides is 3. The van der Waals surface area contributed by atoms with Crippen LogP contribution >= 0.6 is 0 Å². The molecule has 35 heavy (non-hydrogen) atoms. The van der Waals surface area contributed by atoms with Gasteiger partial charge in [0, 0.05) is 32.2 Å². The van der Waals surface area contributed by atoms with Gasteiger partial charge in [-0.25, -0.2) is 13.2 Å². The summed E-state index contributed by atoms with van der Waals surface area (Å²) in [6.07, 6.45) is -0.215. The molecule has 0 spiro atoms. The molecule has 2 atom stereocenters. The van der Waals surface area contributed by atoms with E-state index in [0.29, 0.717) is 0 Å². The van der Waals surface area contributed by atoms with Gasteiger partial charge in [0.05, 0.1) is 34.8 Å². The molecular formula is C21H22F3N5O5S. The number of nitrogens with zero attached hydrogens (tertiary/aromatic N) is 3. The molecule has 5 rings (SSSR count). The molecular weight excluding hydrogens is 491 g/mol. The highest BCUT2D eigenvalue weighted by molar-refractivity contribution is 7.91. The number of nitrogens with one attached hydrogen (secondary N) is 2. The Morgan fingerprint density at radius 2 is 2.03 bits per heavy atom. The van der Waals surface area contributed by atoms with E-state index in [-0.39, 0.29) is 61.1 Å². The third-order valence-corrected chi connectivity index (χ3v) is 8.37. The van der Waals surface area contributed by atoms with Crippen LogP contribution in [0.3, 0.4) is 0 Å². The number of amides is 1. The van der Waals surface area contributed by atoms with Gasteiger partial charge in [-0.15, -0.1) is 0 Å². The fourth-order valence-corrected chi connectivity index (χ4v) is 6.58. The van der Waals surface area contributed by atoms with Gasteiger partial charge in [-0.1, -0.05) is 6.08 Å². The fraction of sp³-hybridized carbons (Fsp3) is 0.476. The van der Waals surface area contributed by atoms with Crippen molar-refractivity contribution in [2.75, 3.05) is 18.8 Å². The number of halogens is 3. The van der Waals surface area contributed by atoms with Crippen molar-refractivity contribution in [2.45, 2.75) is 49.3 Å². The van der Waals surface area contributed by atoms with Crippen molar-refractivity contribution in [3.05, 3.63) is 62.0 Å². The zero-order chi connectivity index (χ0) is 25.1. The van der Waals surface area contributed by atoms with Crippen LogP contribution in [0.5, 0.6) is 0 Å². The molecule has 2 N–H and O–H groups in total. The smallest absolute Gasteiger partial charge is 0.352 e. The number of allylic oxidation sites excluding steroid dienone is 3. The number of hydrogen-bond acceptors (Lipinski definition) is 7. The molecule has 2 unspecified atom stereocenters. The molecule has 14 heteroatoms. The summed E-state index contributed by atoms with van der Waals surface area (Å²) in [6, 6.07) is 0.150. The minimum absolute atomic E-state index is 0.0475. The summed E-state index contributed by atoms with van der Waals surface area (Å²) in [6.45, 7) is 0.132. The highest BCUT2D eigenvalue weighted by Gasteiger charge is 2.54. The van der Waals surface area contributed by atoms with E-state index in [1.165, 1.54) is 12.2 Å². The van der Waals surface area contributed by atoms with Crippen LogP contribution in [0.1, 0.15) is 12.8 Å². The molecule has 10 nitrogen and oxygen atoms in total. The van der Waals surface area contributed by atoms with E-state index in [4.69, 9.17) is 0 Å². The first-order valence-corrected chi connectivity index (χ1v) is 12.7. The second-order valence-corrected chi connectivity index (χ2v) is 10.7. The standard InChI is InChI=1S/C21H22F3N5O5S/c22-21(23,24)18-12-4-1-5-14-26-11-13(29(12)14)17(18)19(31)25-6-2-7-27-15(30)10-16-28(20(27)32)8-3-9-35(16,33)34/h1,4-5,10,13-14,26H,2-3,6-9,11H2,(H,25,31). The van der Waals surface area contributed by atoms with E-state index in [0.717, 1.165) is 15.2 Å². The molecule has 0 radical (unpaired) electrons. The molecule has 0 aliphatic carbocycles. The molecule has 188 valence electrons. The molecule has 4 aliphatic rings. The van der Waals surface area contributed by atoms with Crippen molar-refractivity contribution < 1.29 is 26.4 Å². The SMILES string of the molecule is O=C(NCCCn1c(=O)cc2n(c1=O)CCCS2(=O)=O)C1=C(C(F)(F)F)C2=CC=CC3NCC1N23. The number of carbonyl (C=O) groups is 1. The van der Waals surface area contributed by atoms with E-state index in [1.807, 2.05) is 0 Å². The molecule has 0 aromatic carbocycles. The monoisotopic (exact) mass is 513 g/mol. The number of carbonyl (C=O) groups excluding carboxylic acids is 1. The fourth-order valence-electron chi connectivity index (χ4n) is 5.08. The first kappa shape index (κ1) is 23.6. The average molecular weight is 513 g/mol.